The molecule has 11 heteroatoms. The van der Waals surface area contributed by atoms with Gasteiger partial charge in [0.15, 0.2) is 29.2 Å². The molecule has 0 saturated carbocycles. The second-order valence-corrected chi connectivity index (χ2v) is 6.77. The summed E-state index contributed by atoms with van der Waals surface area (Å²) < 4.78 is 45.0. The van der Waals surface area contributed by atoms with Crippen molar-refractivity contribution in [1.82, 2.24) is 4.98 Å². The van der Waals surface area contributed by atoms with Gasteiger partial charge in [0.05, 0.1) is 10.3 Å². The molecule has 0 unspecified atom stereocenters. The number of benzene rings is 2. The van der Waals surface area contributed by atoms with Gasteiger partial charge in [-0.1, -0.05) is 11.3 Å². The van der Waals surface area contributed by atoms with Crippen LogP contribution < -0.4 is 10.6 Å². The summed E-state index contributed by atoms with van der Waals surface area (Å²) >= 11 is 0.735. The second kappa shape index (κ2) is 8.27. The standard InChI is InChI=1S/C18H12F3N3O4S/c1-8(25)22-10-4-2-9(3-5-10)17(27)28-7-13(26)23-18-24-16-12(29-18)6-11(19)14(20)15(16)21/h2-6H,7H2,1H3,(H,22,25)(H,23,24,26). The molecule has 0 atom stereocenters. The minimum atomic E-state index is -1.65. The molecule has 2 aromatic carbocycles. The number of esters is 1. The lowest BCUT2D eigenvalue weighted by Crippen LogP contribution is -2.20. The maximum absolute atomic E-state index is 13.7. The maximum Gasteiger partial charge on any atom is 0.338 e. The molecule has 1 aromatic heterocycles. The average Bonchev–Trinajstić information content (AvgIpc) is 3.06. The Morgan fingerprint density at radius 3 is 2.41 bits per heavy atom. The first-order chi connectivity index (χ1) is 13.7. The summed E-state index contributed by atoms with van der Waals surface area (Å²) in [4.78, 5) is 38.5. The number of fused-ring (bicyclic) bond motifs is 1. The van der Waals surface area contributed by atoms with Crippen molar-refractivity contribution >= 4 is 50.2 Å². The fraction of sp³-hybridized carbons (Fsp3) is 0.111. The lowest BCUT2D eigenvalue weighted by molar-refractivity contribution is -0.119. The molecule has 3 rings (SSSR count). The average molecular weight is 423 g/mol. The number of amides is 2. The normalized spacial score (nSPS) is 10.6. The number of aromatic nitrogens is 1. The van der Waals surface area contributed by atoms with Gasteiger partial charge in [-0.15, -0.1) is 0 Å². The van der Waals surface area contributed by atoms with Crippen molar-refractivity contribution in [2.75, 3.05) is 17.2 Å². The van der Waals surface area contributed by atoms with Crippen LogP contribution in [-0.4, -0.2) is 29.4 Å². The zero-order valence-corrected chi connectivity index (χ0v) is 15.5. The zero-order valence-electron chi connectivity index (χ0n) is 14.7. The SMILES string of the molecule is CC(=O)Nc1ccc(C(=O)OCC(=O)Nc2nc3c(F)c(F)c(F)cc3s2)cc1. The van der Waals surface area contributed by atoms with Crippen LogP contribution in [0.1, 0.15) is 17.3 Å². The van der Waals surface area contributed by atoms with E-state index in [1.165, 1.54) is 31.2 Å². The number of hydrogen-bond donors (Lipinski definition) is 2. The Kier molecular flexibility index (Phi) is 5.78. The Hall–Kier alpha value is -3.47. The van der Waals surface area contributed by atoms with E-state index in [9.17, 15) is 27.6 Å². The monoisotopic (exact) mass is 423 g/mol. The predicted molar refractivity (Wildman–Crippen MR) is 99.2 cm³/mol. The van der Waals surface area contributed by atoms with Crippen LogP contribution in [0.3, 0.4) is 0 Å². The van der Waals surface area contributed by atoms with Gasteiger partial charge in [0.25, 0.3) is 5.91 Å². The highest BCUT2D eigenvalue weighted by Gasteiger charge is 2.19. The lowest BCUT2D eigenvalue weighted by atomic mass is 10.2. The molecule has 0 radical (unpaired) electrons. The topological polar surface area (TPSA) is 97.4 Å². The van der Waals surface area contributed by atoms with Crippen LogP contribution in [0.2, 0.25) is 0 Å². The summed E-state index contributed by atoms with van der Waals surface area (Å²) in [6, 6.07) is 6.57. The van der Waals surface area contributed by atoms with E-state index in [0.29, 0.717) is 5.69 Å². The van der Waals surface area contributed by atoms with Gasteiger partial charge in [-0.3, -0.25) is 14.9 Å². The van der Waals surface area contributed by atoms with Crippen LogP contribution in [0.15, 0.2) is 30.3 Å². The number of nitrogens with zero attached hydrogens (tertiary/aromatic N) is 1. The van der Waals surface area contributed by atoms with E-state index < -0.39 is 41.5 Å². The van der Waals surface area contributed by atoms with Gasteiger partial charge in [-0.2, -0.15) is 0 Å². The number of hydrogen-bond acceptors (Lipinski definition) is 6. The number of ether oxygens (including phenoxy) is 1. The fourth-order valence-corrected chi connectivity index (χ4v) is 3.19. The van der Waals surface area contributed by atoms with Gasteiger partial charge >= 0.3 is 5.97 Å². The third-order valence-corrected chi connectivity index (χ3v) is 4.46. The van der Waals surface area contributed by atoms with Gasteiger partial charge < -0.3 is 10.1 Å². The summed E-state index contributed by atoms with van der Waals surface area (Å²) in [6.45, 7) is 0.682. The van der Waals surface area contributed by atoms with Gasteiger partial charge in [-0.05, 0) is 30.3 Å². The van der Waals surface area contributed by atoms with Crippen LogP contribution >= 0.6 is 11.3 Å². The van der Waals surface area contributed by atoms with E-state index in [2.05, 4.69) is 15.6 Å². The first kappa shape index (κ1) is 20.3. The lowest BCUT2D eigenvalue weighted by Gasteiger charge is -2.06. The molecule has 0 aliphatic rings. The van der Waals surface area contributed by atoms with Crippen molar-refractivity contribution in [2.24, 2.45) is 0 Å². The van der Waals surface area contributed by atoms with Crippen molar-refractivity contribution in [1.29, 1.82) is 0 Å². The molecule has 150 valence electrons. The Bertz CT molecular complexity index is 1120. The number of carbonyl (C=O) groups is 3. The van der Waals surface area contributed by atoms with Gasteiger partial charge in [0.2, 0.25) is 5.91 Å². The highest BCUT2D eigenvalue weighted by atomic mass is 32.1. The largest absolute Gasteiger partial charge is 0.452 e. The summed E-state index contributed by atoms with van der Waals surface area (Å²) in [5, 5.41) is 4.70. The summed E-state index contributed by atoms with van der Waals surface area (Å²) in [5.74, 6) is -6.29. The molecule has 0 spiro atoms. The van der Waals surface area contributed by atoms with Crippen molar-refractivity contribution in [3.63, 3.8) is 0 Å². The predicted octanol–water partition coefficient (Wildman–Crippen LogP) is 3.47. The Balaban J connectivity index is 1.59. The third-order valence-electron chi connectivity index (χ3n) is 3.54. The number of halogens is 3. The Morgan fingerprint density at radius 1 is 1.07 bits per heavy atom. The van der Waals surface area contributed by atoms with Crippen molar-refractivity contribution in [3.8, 4) is 0 Å². The Labute approximate surface area is 165 Å². The van der Waals surface area contributed by atoms with Crippen LogP contribution in [0.25, 0.3) is 10.2 Å². The minimum Gasteiger partial charge on any atom is -0.452 e. The van der Waals surface area contributed by atoms with Crippen molar-refractivity contribution in [3.05, 3.63) is 53.3 Å². The first-order valence-electron chi connectivity index (χ1n) is 8.03. The van der Waals surface area contributed by atoms with E-state index >= 15 is 0 Å². The number of carbonyl (C=O) groups excluding carboxylic acids is 3. The van der Waals surface area contributed by atoms with E-state index in [-0.39, 0.29) is 21.3 Å². The van der Waals surface area contributed by atoms with E-state index in [1.807, 2.05) is 0 Å². The van der Waals surface area contributed by atoms with Crippen LogP contribution in [0, 0.1) is 17.5 Å². The van der Waals surface area contributed by atoms with Crippen LogP contribution in [-0.2, 0) is 14.3 Å². The van der Waals surface area contributed by atoms with E-state index in [1.54, 1.807) is 0 Å². The minimum absolute atomic E-state index is 0.00737. The zero-order chi connectivity index (χ0) is 21.1. The number of anilines is 2. The molecular formula is C18H12F3N3O4S. The summed E-state index contributed by atoms with van der Waals surface area (Å²) in [5.41, 5.74) is 0.225. The maximum atomic E-state index is 13.7. The third kappa shape index (κ3) is 4.69. The van der Waals surface area contributed by atoms with E-state index in [0.717, 1.165) is 17.4 Å². The number of rotatable bonds is 5. The van der Waals surface area contributed by atoms with Crippen LogP contribution in [0.5, 0.6) is 0 Å². The first-order valence-corrected chi connectivity index (χ1v) is 8.85. The smallest absolute Gasteiger partial charge is 0.338 e. The molecule has 0 aliphatic carbocycles. The van der Waals surface area contributed by atoms with Crippen molar-refractivity contribution in [2.45, 2.75) is 6.92 Å². The summed E-state index contributed by atoms with van der Waals surface area (Å²) in [7, 11) is 0. The number of thiazole rings is 1. The molecule has 1 heterocycles. The molecule has 0 saturated heterocycles. The Morgan fingerprint density at radius 2 is 1.76 bits per heavy atom. The second-order valence-electron chi connectivity index (χ2n) is 5.73. The molecular weight excluding hydrogens is 411 g/mol. The van der Waals surface area contributed by atoms with Gasteiger partial charge in [0.1, 0.15) is 5.52 Å². The van der Waals surface area contributed by atoms with Crippen LogP contribution in [0.4, 0.5) is 24.0 Å². The van der Waals surface area contributed by atoms with Crippen molar-refractivity contribution < 1.29 is 32.3 Å². The molecule has 29 heavy (non-hydrogen) atoms. The van der Waals surface area contributed by atoms with Gasteiger partial charge in [0, 0.05) is 12.6 Å². The fourth-order valence-electron chi connectivity index (χ4n) is 2.29. The molecule has 7 nitrogen and oxygen atoms in total. The highest BCUT2D eigenvalue weighted by molar-refractivity contribution is 7.22. The molecule has 2 N–H and O–H groups in total. The quantitative estimate of drug-likeness (QED) is 0.484. The van der Waals surface area contributed by atoms with E-state index in [4.69, 9.17) is 4.74 Å². The summed E-state index contributed by atoms with van der Waals surface area (Å²) in [6.07, 6.45) is 0. The molecule has 3 aromatic rings. The van der Waals surface area contributed by atoms with Gasteiger partial charge in [-0.25, -0.2) is 22.9 Å². The molecule has 0 fully saturated rings. The molecule has 0 aliphatic heterocycles. The molecule has 2 amide bonds. The highest BCUT2D eigenvalue weighted by Crippen LogP contribution is 2.30. The molecule has 0 bridgehead atoms. The number of nitrogens with one attached hydrogen (secondary N) is 2.